The Labute approximate surface area is 102 Å². The number of amides is 1. The second-order valence-electron chi connectivity index (χ2n) is 3.19. The molecule has 0 aliphatic rings. The second kappa shape index (κ2) is 5.35. The van der Waals surface area contributed by atoms with Gasteiger partial charge in [-0.2, -0.15) is 0 Å². The standard InChI is InChI=1S/C10H11N5OS/c1-2-12-8-3-4-11-5-7(8)10(16)14-9-6-13-15-17-9/h3-6H,2H2,1H3,(H,11,12)(H,14,16). The Bertz CT molecular complexity index is 499. The zero-order valence-corrected chi connectivity index (χ0v) is 9.99. The molecule has 0 aromatic carbocycles. The van der Waals surface area contributed by atoms with Crippen molar-refractivity contribution in [1.29, 1.82) is 0 Å². The molecule has 7 heteroatoms. The lowest BCUT2D eigenvalue weighted by atomic mass is 10.2. The van der Waals surface area contributed by atoms with Gasteiger partial charge in [-0.1, -0.05) is 4.49 Å². The Kier molecular flexibility index (Phi) is 3.61. The van der Waals surface area contributed by atoms with E-state index in [0.29, 0.717) is 10.6 Å². The SMILES string of the molecule is CCNc1ccncc1C(=O)Nc1cnns1. The average Bonchev–Trinajstić information content (AvgIpc) is 2.83. The van der Waals surface area contributed by atoms with Gasteiger partial charge in [-0.3, -0.25) is 9.78 Å². The summed E-state index contributed by atoms with van der Waals surface area (Å²) in [6.07, 6.45) is 4.68. The van der Waals surface area contributed by atoms with Crippen LogP contribution in [-0.2, 0) is 0 Å². The quantitative estimate of drug-likeness (QED) is 0.860. The van der Waals surface area contributed by atoms with Crippen LogP contribution in [0.1, 0.15) is 17.3 Å². The Morgan fingerprint density at radius 2 is 2.35 bits per heavy atom. The normalized spacial score (nSPS) is 9.94. The molecule has 0 fully saturated rings. The molecular weight excluding hydrogens is 238 g/mol. The van der Waals surface area contributed by atoms with Crippen LogP contribution >= 0.6 is 11.5 Å². The maximum atomic E-state index is 12.0. The van der Waals surface area contributed by atoms with Crippen LogP contribution in [-0.4, -0.2) is 27.0 Å². The lowest BCUT2D eigenvalue weighted by molar-refractivity contribution is 0.102. The van der Waals surface area contributed by atoms with Crippen LogP contribution in [0.2, 0.25) is 0 Å². The van der Waals surface area contributed by atoms with Crippen molar-refractivity contribution in [3.8, 4) is 0 Å². The van der Waals surface area contributed by atoms with E-state index in [2.05, 4.69) is 25.2 Å². The van der Waals surface area contributed by atoms with E-state index >= 15 is 0 Å². The van der Waals surface area contributed by atoms with Crippen molar-refractivity contribution in [3.63, 3.8) is 0 Å². The van der Waals surface area contributed by atoms with Crippen LogP contribution in [0.4, 0.5) is 10.7 Å². The summed E-state index contributed by atoms with van der Waals surface area (Å²) >= 11 is 1.13. The third-order valence-electron chi connectivity index (χ3n) is 2.03. The third kappa shape index (κ3) is 2.76. The molecule has 1 amide bonds. The predicted molar refractivity (Wildman–Crippen MR) is 66.3 cm³/mol. The molecule has 0 bridgehead atoms. The molecule has 2 N–H and O–H groups in total. The smallest absolute Gasteiger partial charge is 0.260 e. The monoisotopic (exact) mass is 249 g/mol. The number of carbonyl (C=O) groups is 1. The third-order valence-corrected chi connectivity index (χ3v) is 2.61. The number of hydrogen-bond donors (Lipinski definition) is 2. The molecular formula is C10H11N5OS. The topological polar surface area (TPSA) is 79.8 Å². The summed E-state index contributed by atoms with van der Waals surface area (Å²) in [7, 11) is 0. The predicted octanol–water partition coefficient (Wildman–Crippen LogP) is 1.62. The van der Waals surface area contributed by atoms with Crippen LogP contribution < -0.4 is 10.6 Å². The number of aromatic nitrogens is 3. The highest BCUT2D eigenvalue weighted by atomic mass is 32.1. The Morgan fingerprint density at radius 3 is 3.06 bits per heavy atom. The van der Waals surface area contributed by atoms with Gasteiger partial charge in [0.05, 0.1) is 17.4 Å². The van der Waals surface area contributed by atoms with Gasteiger partial charge in [-0.05, 0) is 13.0 Å². The summed E-state index contributed by atoms with van der Waals surface area (Å²) in [6, 6.07) is 1.77. The summed E-state index contributed by atoms with van der Waals surface area (Å²) < 4.78 is 3.67. The summed E-state index contributed by atoms with van der Waals surface area (Å²) in [5, 5.41) is 10.1. The number of hydrogen-bond acceptors (Lipinski definition) is 6. The van der Waals surface area contributed by atoms with Crippen molar-refractivity contribution in [3.05, 3.63) is 30.2 Å². The van der Waals surface area contributed by atoms with Gasteiger partial charge in [0.2, 0.25) is 0 Å². The van der Waals surface area contributed by atoms with E-state index < -0.39 is 0 Å². The molecule has 6 nitrogen and oxygen atoms in total. The summed E-state index contributed by atoms with van der Waals surface area (Å²) in [6.45, 7) is 2.71. The van der Waals surface area contributed by atoms with Crippen LogP contribution in [0.15, 0.2) is 24.7 Å². The first-order valence-corrected chi connectivity index (χ1v) is 5.85. The number of anilines is 2. The molecule has 0 saturated carbocycles. The van der Waals surface area contributed by atoms with Gasteiger partial charge in [0.15, 0.2) is 0 Å². The van der Waals surface area contributed by atoms with E-state index in [1.165, 1.54) is 12.4 Å². The molecule has 2 aromatic rings. The van der Waals surface area contributed by atoms with Gasteiger partial charge < -0.3 is 10.6 Å². The summed E-state index contributed by atoms with van der Waals surface area (Å²) in [5.41, 5.74) is 1.26. The molecule has 2 heterocycles. The number of rotatable bonds is 4. The average molecular weight is 249 g/mol. The van der Waals surface area contributed by atoms with Crippen LogP contribution in [0.5, 0.6) is 0 Å². The molecule has 0 radical (unpaired) electrons. The summed E-state index contributed by atoms with van der Waals surface area (Å²) in [4.78, 5) is 15.9. The molecule has 0 aliphatic heterocycles. The fourth-order valence-electron chi connectivity index (χ4n) is 1.32. The van der Waals surface area contributed by atoms with Crippen molar-refractivity contribution in [2.75, 3.05) is 17.2 Å². The highest BCUT2D eigenvalue weighted by molar-refractivity contribution is 7.10. The molecule has 0 aliphatic carbocycles. The number of carbonyl (C=O) groups excluding carboxylic acids is 1. The van der Waals surface area contributed by atoms with Crippen molar-refractivity contribution >= 4 is 28.1 Å². The molecule has 0 saturated heterocycles. The highest BCUT2D eigenvalue weighted by Gasteiger charge is 2.12. The van der Waals surface area contributed by atoms with E-state index in [0.717, 1.165) is 23.8 Å². The molecule has 2 aromatic heterocycles. The maximum absolute atomic E-state index is 12.0. The minimum atomic E-state index is -0.222. The number of pyridine rings is 1. The Hall–Kier alpha value is -2.02. The van der Waals surface area contributed by atoms with Gasteiger partial charge >= 0.3 is 0 Å². The van der Waals surface area contributed by atoms with Crippen LogP contribution in [0.3, 0.4) is 0 Å². The first-order chi connectivity index (χ1) is 8.31. The first-order valence-electron chi connectivity index (χ1n) is 5.08. The largest absolute Gasteiger partial charge is 0.385 e. The minimum absolute atomic E-state index is 0.222. The zero-order valence-electron chi connectivity index (χ0n) is 9.17. The fourth-order valence-corrected chi connectivity index (χ4v) is 1.74. The van der Waals surface area contributed by atoms with Crippen LogP contribution in [0.25, 0.3) is 0 Å². The number of nitrogens with one attached hydrogen (secondary N) is 2. The van der Waals surface area contributed by atoms with Gasteiger partial charge in [0.1, 0.15) is 5.00 Å². The van der Waals surface area contributed by atoms with Crippen molar-refractivity contribution in [2.24, 2.45) is 0 Å². The second-order valence-corrected chi connectivity index (χ2v) is 3.97. The van der Waals surface area contributed by atoms with E-state index in [9.17, 15) is 4.79 Å². The van der Waals surface area contributed by atoms with E-state index in [1.54, 1.807) is 12.3 Å². The Balaban J connectivity index is 2.18. The van der Waals surface area contributed by atoms with E-state index in [4.69, 9.17) is 0 Å². The molecule has 17 heavy (non-hydrogen) atoms. The lowest BCUT2D eigenvalue weighted by Crippen LogP contribution is -2.14. The fraction of sp³-hybridized carbons (Fsp3) is 0.200. The van der Waals surface area contributed by atoms with Gasteiger partial charge in [0, 0.05) is 30.5 Å². The van der Waals surface area contributed by atoms with Crippen molar-refractivity contribution < 1.29 is 4.79 Å². The maximum Gasteiger partial charge on any atom is 0.260 e. The summed E-state index contributed by atoms with van der Waals surface area (Å²) in [5.74, 6) is -0.222. The first kappa shape index (κ1) is 11.5. The highest BCUT2D eigenvalue weighted by Crippen LogP contribution is 2.16. The minimum Gasteiger partial charge on any atom is -0.385 e. The Morgan fingerprint density at radius 1 is 1.47 bits per heavy atom. The molecule has 0 spiro atoms. The van der Waals surface area contributed by atoms with Gasteiger partial charge in [-0.15, -0.1) is 5.10 Å². The van der Waals surface area contributed by atoms with Crippen molar-refractivity contribution in [1.82, 2.24) is 14.6 Å². The van der Waals surface area contributed by atoms with E-state index in [1.807, 2.05) is 6.92 Å². The van der Waals surface area contributed by atoms with Gasteiger partial charge in [0.25, 0.3) is 5.91 Å². The number of nitrogens with zero attached hydrogens (tertiary/aromatic N) is 3. The van der Waals surface area contributed by atoms with E-state index in [-0.39, 0.29) is 5.91 Å². The molecule has 0 atom stereocenters. The van der Waals surface area contributed by atoms with Crippen molar-refractivity contribution in [2.45, 2.75) is 6.92 Å². The van der Waals surface area contributed by atoms with Crippen LogP contribution in [0, 0.1) is 0 Å². The van der Waals surface area contributed by atoms with Gasteiger partial charge in [-0.25, -0.2) is 0 Å². The zero-order chi connectivity index (χ0) is 12.1. The lowest BCUT2D eigenvalue weighted by Gasteiger charge is -2.08. The molecule has 0 unspecified atom stereocenters. The molecule has 88 valence electrons. The molecule has 2 rings (SSSR count).